The molecule has 0 aromatic heterocycles. The average molecular weight is 233 g/mol. The van der Waals surface area contributed by atoms with E-state index in [4.69, 9.17) is 5.26 Å². The molecule has 4 heteroatoms. The summed E-state index contributed by atoms with van der Waals surface area (Å²) in [5.74, 6) is 0.150. The Morgan fingerprint density at radius 3 is 3.12 bits per heavy atom. The number of anilines is 1. The Morgan fingerprint density at radius 1 is 1.59 bits per heavy atom. The highest BCUT2D eigenvalue weighted by atomic mass is 19.1. The van der Waals surface area contributed by atoms with Crippen molar-refractivity contribution in [1.29, 1.82) is 5.26 Å². The van der Waals surface area contributed by atoms with Crippen molar-refractivity contribution >= 4 is 5.69 Å². The molecule has 1 saturated heterocycles. The number of halogens is 1. The van der Waals surface area contributed by atoms with Crippen molar-refractivity contribution in [3.05, 3.63) is 29.6 Å². The van der Waals surface area contributed by atoms with Gasteiger partial charge >= 0.3 is 0 Å². The second-order valence-electron chi connectivity index (χ2n) is 4.40. The molecule has 1 aromatic carbocycles. The van der Waals surface area contributed by atoms with Crippen LogP contribution in [0.15, 0.2) is 18.2 Å². The Labute approximate surface area is 101 Å². The van der Waals surface area contributed by atoms with E-state index in [0.29, 0.717) is 5.92 Å². The smallest absolute Gasteiger partial charge is 0.143 e. The fourth-order valence-corrected chi connectivity index (χ4v) is 2.39. The van der Waals surface area contributed by atoms with Crippen LogP contribution in [-0.2, 0) is 0 Å². The zero-order chi connectivity index (χ0) is 12.3. The topological polar surface area (TPSA) is 39.1 Å². The molecule has 0 aliphatic carbocycles. The van der Waals surface area contributed by atoms with Crippen LogP contribution in [0.3, 0.4) is 0 Å². The van der Waals surface area contributed by atoms with Gasteiger partial charge in [-0.1, -0.05) is 6.07 Å². The molecule has 0 radical (unpaired) electrons. The van der Waals surface area contributed by atoms with Gasteiger partial charge in [0.1, 0.15) is 17.4 Å². The lowest BCUT2D eigenvalue weighted by atomic mass is 10.1. The Bertz CT molecular complexity index is 439. The van der Waals surface area contributed by atoms with E-state index in [0.717, 1.165) is 31.7 Å². The number of hydrogen-bond donors (Lipinski definition) is 1. The van der Waals surface area contributed by atoms with Gasteiger partial charge in [0.05, 0.1) is 5.69 Å². The molecule has 1 fully saturated rings. The molecule has 1 atom stereocenters. The summed E-state index contributed by atoms with van der Waals surface area (Å²) in [7, 11) is 1.94. The third kappa shape index (κ3) is 2.40. The molecule has 2 rings (SSSR count). The molecule has 90 valence electrons. The van der Waals surface area contributed by atoms with Gasteiger partial charge in [-0.15, -0.1) is 0 Å². The normalized spacial score (nSPS) is 19.4. The molecular formula is C13H16FN3. The van der Waals surface area contributed by atoms with Gasteiger partial charge in [-0.05, 0) is 38.1 Å². The lowest BCUT2D eigenvalue weighted by Gasteiger charge is -2.20. The van der Waals surface area contributed by atoms with E-state index in [1.165, 1.54) is 6.07 Å². The predicted molar refractivity (Wildman–Crippen MR) is 65.4 cm³/mol. The first-order valence-corrected chi connectivity index (χ1v) is 5.84. The fourth-order valence-electron chi connectivity index (χ4n) is 2.39. The summed E-state index contributed by atoms with van der Waals surface area (Å²) < 4.78 is 13.5. The van der Waals surface area contributed by atoms with E-state index in [1.54, 1.807) is 6.07 Å². The van der Waals surface area contributed by atoms with Crippen LogP contribution in [0.5, 0.6) is 0 Å². The maximum Gasteiger partial charge on any atom is 0.143 e. The summed E-state index contributed by atoms with van der Waals surface area (Å²) in [6.45, 7) is 2.75. The largest absolute Gasteiger partial charge is 0.370 e. The van der Waals surface area contributed by atoms with Crippen LogP contribution in [0.2, 0.25) is 0 Å². The highest BCUT2D eigenvalue weighted by Crippen LogP contribution is 2.27. The number of benzene rings is 1. The van der Waals surface area contributed by atoms with Gasteiger partial charge in [0.2, 0.25) is 0 Å². The van der Waals surface area contributed by atoms with E-state index in [1.807, 2.05) is 19.2 Å². The van der Waals surface area contributed by atoms with Crippen LogP contribution in [-0.4, -0.2) is 26.7 Å². The Kier molecular flexibility index (Phi) is 3.60. The van der Waals surface area contributed by atoms with Gasteiger partial charge in [-0.2, -0.15) is 5.26 Å². The second-order valence-corrected chi connectivity index (χ2v) is 4.40. The Balaban J connectivity index is 2.19. The summed E-state index contributed by atoms with van der Waals surface area (Å²) >= 11 is 0. The first kappa shape index (κ1) is 11.9. The first-order chi connectivity index (χ1) is 8.26. The minimum atomic E-state index is -0.429. The maximum atomic E-state index is 13.5. The van der Waals surface area contributed by atoms with Gasteiger partial charge in [-0.25, -0.2) is 4.39 Å². The minimum absolute atomic E-state index is 0.164. The Hall–Kier alpha value is -1.60. The SMILES string of the molecule is CNCC1CCN(c2cccc(F)c2C#N)C1. The van der Waals surface area contributed by atoms with Crippen LogP contribution < -0.4 is 10.2 Å². The van der Waals surface area contributed by atoms with Crippen LogP contribution in [0, 0.1) is 23.1 Å². The van der Waals surface area contributed by atoms with Crippen molar-refractivity contribution in [2.75, 3.05) is 31.6 Å². The standard InChI is InChI=1S/C13H16FN3/c1-16-8-10-5-6-17(9-10)13-4-2-3-12(14)11(13)7-15/h2-4,10,16H,5-6,8-9H2,1H3. The summed E-state index contributed by atoms with van der Waals surface area (Å²) in [5.41, 5.74) is 0.892. The highest BCUT2D eigenvalue weighted by Gasteiger charge is 2.24. The molecule has 17 heavy (non-hydrogen) atoms. The van der Waals surface area contributed by atoms with E-state index >= 15 is 0 Å². The Morgan fingerprint density at radius 2 is 2.41 bits per heavy atom. The number of nitrogens with zero attached hydrogens (tertiary/aromatic N) is 2. The zero-order valence-corrected chi connectivity index (χ0v) is 9.91. The molecule has 0 spiro atoms. The van der Waals surface area contributed by atoms with Gasteiger partial charge in [0, 0.05) is 13.1 Å². The second kappa shape index (κ2) is 5.15. The molecule has 0 saturated carbocycles. The molecule has 1 heterocycles. The summed E-state index contributed by atoms with van der Waals surface area (Å²) in [6, 6.07) is 6.78. The quantitative estimate of drug-likeness (QED) is 0.864. The lowest BCUT2D eigenvalue weighted by Crippen LogP contribution is -2.25. The molecule has 1 unspecified atom stereocenters. The van der Waals surface area contributed by atoms with Crippen molar-refractivity contribution in [2.45, 2.75) is 6.42 Å². The van der Waals surface area contributed by atoms with Gasteiger partial charge in [0.25, 0.3) is 0 Å². The molecule has 0 bridgehead atoms. The van der Waals surface area contributed by atoms with Crippen molar-refractivity contribution in [2.24, 2.45) is 5.92 Å². The van der Waals surface area contributed by atoms with Crippen LogP contribution in [0.25, 0.3) is 0 Å². The van der Waals surface area contributed by atoms with E-state index in [9.17, 15) is 4.39 Å². The fraction of sp³-hybridized carbons (Fsp3) is 0.462. The summed E-state index contributed by atoms with van der Waals surface area (Å²) in [5, 5.41) is 12.2. The maximum absolute atomic E-state index is 13.5. The van der Waals surface area contributed by atoms with E-state index < -0.39 is 5.82 Å². The number of rotatable bonds is 3. The molecule has 0 amide bonds. The molecule has 1 aliphatic rings. The average Bonchev–Trinajstić information content (AvgIpc) is 2.78. The van der Waals surface area contributed by atoms with Gasteiger partial charge < -0.3 is 10.2 Å². The highest BCUT2D eigenvalue weighted by molar-refractivity contribution is 5.60. The first-order valence-electron chi connectivity index (χ1n) is 5.84. The lowest BCUT2D eigenvalue weighted by molar-refractivity contribution is 0.549. The molecule has 1 aromatic rings. The third-order valence-electron chi connectivity index (χ3n) is 3.22. The van der Waals surface area contributed by atoms with Crippen molar-refractivity contribution in [3.8, 4) is 6.07 Å². The van der Waals surface area contributed by atoms with E-state index in [2.05, 4.69) is 10.2 Å². The van der Waals surface area contributed by atoms with Crippen molar-refractivity contribution < 1.29 is 4.39 Å². The van der Waals surface area contributed by atoms with Crippen LogP contribution >= 0.6 is 0 Å². The van der Waals surface area contributed by atoms with Crippen molar-refractivity contribution in [3.63, 3.8) is 0 Å². The van der Waals surface area contributed by atoms with Crippen LogP contribution in [0.4, 0.5) is 10.1 Å². The molecule has 1 aliphatic heterocycles. The third-order valence-corrected chi connectivity index (χ3v) is 3.22. The molecule has 1 N–H and O–H groups in total. The van der Waals surface area contributed by atoms with Gasteiger partial charge in [0.15, 0.2) is 0 Å². The molecular weight excluding hydrogens is 217 g/mol. The number of nitriles is 1. The summed E-state index contributed by atoms with van der Waals surface area (Å²) in [6.07, 6.45) is 1.09. The van der Waals surface area contributed by atoms with Crippen molar-refractivity contribution in [1.82, 2.24) is 5.32 Å². The minimum Gasteiger partial charge on any atom is -0.370 e. The number of nitrogens with one attached hydrogen (secondary N) is 1. The number of hydrogen-bond acceptors (Lipinski definition) is 3. The molecule has 3 nitrogen and oxygen atoms in total. The van der Waals surface area contributed by atoms with E-state index in [-0.39, 0.29) is 5.56 Å². The zero-order valence-electron chi connectivity index (χ0n) is 9.91. The van der Waals surface area contributed by atoms with Crippen LogP contribution in [0.1, 0.15) is 12.0 Å². The van der Waals surface area contributed by atoms with Gasteiger partial charge in [-0.3, -0.25) is 0 Å². The summed E-state index contributed by atoms with van der Waals surface area (Å²) in [4.78, 5) is 2.10. The monoisotopic (exact) mass is 233 g/mol. The predicted octanol–water partition coefficient (Wildman–Crippen LogP) is 1.74.